The lowest BCUT2D eigenvalue weighted by molar-refractivity contribution is 0.406. The van der Waals surface area contributed by atoms with Gasteiger partial charge in [-0.1, -0.05) is 42.5 Å². The Bertz CT molecular complexity index is 1170. The minimum Gasteiger partial charge on any atom is -0.496 e. The van der Waals surface area contributed by atoms with E-state index < -0.39 is 0 Å². The van der Waals surface area contributed by atoms with Gasteiger partial charge >= 0.3 is 0 Å². The van der Waals surface area contributed by atoms with Crippen LogP contribution >= 0.6 is 12.4 Å². The van der Waals surface area contributed by atoms with Crippen LogP contribution in [-0.4, -0.2) is 25.2 Å². The molecule has 6 heteroatoms. The predicted octanol–water partition coefficient (Wildman–Crippen LogP) is 5.99. The van der Waals surface area contributed by atoms with Crippen molar-refractivity contribution in [3.63, 3.8) is 0 Å². The standard InChI is InChI=1S/C27H28FN3O.ClH/c1-32-27-11-9-23(28)18-22(27)19-29-13-5-14-30-25-12-15-31-26-17-21(8-10-24(25)26)16-20-6-3-2-4-7-20;/h2-4,6-12,15,17-18,29H,5,13-14,16,19H2,1H3,(H,30,31);1H. The molecule has 0 saturated carbocycles. The van der Waals surface area contributed by atoms with Crippen LogP contribution in [0.3, 0.4) is 0 Å². The number of nitrogens with zero attached hydrogens (tertiary/aromatic N) is 1. The zero-order chi connectivity index (χ0) is 22.2. The molecule has 0 bridgehead atoms. The summed E-state index contributed by atoms with van der Waals surface area (Å²) in [6, 6.07) is 23.6. The number of benzene rings is 3. The number of fused-ring (bicyclic) bond motifs is 1. The van der Waals surface area contributed by atoms with Crippen LogP contribution in [0.4, 0.5) is 10.1 Å². The second-order valence-corrected chi connectivity index (χ2v) is 7.79. The molecule has 0 aliphatic carbocycles. The van der Waals surface area contributed by atoms with E-state index in [2.05, 4.69) is 58.1 Å². The van der Waals surface area contributed by atoms with Crippen molar-refractivity contribution >= 4 is 29.0 Å². The molecular formula is C27H29ClFN3O. The summed E-state index contributed by atoms with van der Waals surface area (Å²) in [5, 5.41) is 8.01. The van der Waals surface area contributed by atoms with Crippen LogP contribution in [0.25, 0.3) is 10.9 Å². The van der Waals surface area contributed by atoms with Crippen LogP contribution in [0.1, 0.15) is 23.1 Å². The lowest BCUT2D eigenvalue weighted by atomic mass is 10.0. The van der Waals surface area contributed by atoms with Crippen LogP contribution in [0.5, 0.6) is 5.75 Å². The Morgan fingerprint density at radius 1 is 0.909 bits per heavy atom. The van der Waals surface area contributed by atoms with Gasteiger partial charge in [0, 0.05) is 35.9 Å². The Balaban J connectivity index is 0.00000306. The summed E-state index contributed by atoms with van der Waals surface area (Å²) in [6.07, 6.45) is 3.69. The number of halogens is 2. The van der Waals surface area contributed by atoms with Crippen molar-refractivity contribution in [2.75, 3.05) is 25.5 Å². The fourth-order valence-corrected chi connectivity index (χ4v) is 3.83. The van der Waals surface area contributed by atoms with Gasteiger partial charge in [0.1, 0.15) is 11.6 Å². The molecule has 0 spiro atoms. The SMILES string of the molecule is COc1ccc(F)cc1CNCCCNc1ccnc2cc(Cc3ccccc3)ccc12.Cl. The van der Waals surface area contributed by atoms with Crippen molar-refractivity contribution < 1.29 is 9.13 Å². The molecular weight excluding hydrogens is 437 g/mol. The second kappa shape index (κ2) is 12.2. The van der Waals surface area contributed by atoms with E-state index in [4.69, 9.17) is 4.74 Å². The van der Waals surface area contributed by atoms with Crippen molar-refractivity contribution in [2.24, 2.45) is 0 Å². The number of pyridine rings is 1. The molecule has 0 amide bonds. The molecule has 0 radical (unpaired) electrons. The van der Waals surface area contributed by atoms with E-state index in [9.17, 15) is 4.39 Å². The smallest absolute Gasteiger partial charge is 0.123 e. The lowest BCUT2D eigenvalue weighted by Gasteiger charge is -2.12. The third-order valence-corrected chi connectivity index (χ3v) is 5.46. The molecule has 1 heterocycles. The molecule has 0 unspecified atom stereocenters. The Kier molecular flexibility index (Phi) is 9.04. The van der Waals surface area contributed by atoms with Crippen LogP contribution < -0.4 is 15.4 Å². The van der Waals surface area contributed by atoms with Gasteiger partial charge < -0.3 is 15.4 Å². The monoisotopic (exact) mass is 465 g/mol. The number of hydrogen-bond acceptors (Lipinski definition) is 4. The maximum Gasteiger partial charge on any atom is 0.123 e. The van der Waals surface area contributed by atoms with Crippen molar-refractivity contribution in [3.8, 4) is 5.75 Å². The molecule has 0 fully saturated rings. The van der Waals surface area contributed by atoms with Crippen molar-refractivity contribution in [1.29, 1.82) is 0 Å². The molecule has 4 rings (SSSR count). The zero-order valence-corrected chi connectivity index (χ0v) is 19.5. The van der Waals surface area contributed by atoms with Gasteiger partial charge in [-0.2, -0.15) is 0 Å². The minimum absolute atomic E-state index is 0. The molecule has 2 N–H and O–H groups in total. The summed E-state index contributed by atoms with van der Waals surface area (Å²) in [4.78, 5) is 4.56. The lowest BCUT2D eigenvalue weighted by Crippen LogP contribution is -2.18. The first-order valence-corrected chi connectivity index (χ1v) is 10.9. The number of ether oxygens (including phenoxy) is 1. The quantitative estimate of drug-likeness (QED) is 0.282. The van der Waals surface area contributed by atoms with Crippen molar-refractivity contribution in [3.05, 3.63) is 102 Å². The number of methoxy groups -OCH3 is 1. The Hall–Kier alpha value is -3.15. The molecule has 4 nitrogen and oxygen atoms in total. The van der Waals surface area contributed by atoms with E-state index in [1.54, 1.807) is 13.2 Å². The van der Waals surface area contributed by atoms with Crippen LogP contribution in [0, 0.1) is 5.82 Å². The highest BCUT2D eigenvalue weighted by atomic mass is 35.5. The molecule has 0 atom stereocenters. The number of hydrogen-bond donors (Lipinski definition) is 2. The highest BCUT2D eigenvalue weighted by Crippen LogP contribution is 2.24. The molecule has 172 valence electrons. The summed E-state index contributed by atoms with van der Waals surface area (Å²) in [5.41, 5.74) is 5.47. The topological polar surface area (TPSA) is 46.2 Å². The maximum atomic E-state index is 13.5. The Morgan fingerprint density at radius 2 is 1.76 bits per heavy atom. The van der Waals surface area contributed by atoms with Gasteiger partial charge in [-0.25, -0.2) is 4.39 Å². The predicted molar refractivity (Wildman–Crippen MR) is 136 cm³/mol. The number of anilines is 1. The number of nitrogens with one attached hydrogen (secondary N) is 2. The van der Waals surface area contributed by atoms with Crippen molar-refractivity contribution in [2.45, 2.75) is 19.4 Å². The minimum atomic E-state index is -0.249. The van der Waals surface area contributed by atoms with E-state index in [-0.39, 0.29) is 18.2 Å². The molecule has 4 aromatic rings. The van der Waals surface area contributed by atoms with E-state index in [0.29, 0.717) is 12.3 Å². The van der Waals surface area contributed by atoms with Gasteiger partial charge in [-0.3, -0.25) is 4.98 Å². The zero-order valence-electron chi connectivity index (χ0n) is 18.7. The largest absolute Gasteiger partial charge is 0.496 e. The average molecular weight is 466 g/mol. The first kappa shape index (κ1) is 24.5. The summed E-state index contributed by atoms with van der Waals surface area (Å²) < 4.78 is 18.8. The van der Waals surface area contributed by atoms with Gasteiger partial charge in [-0.05, 0) is 60.8 Å². The molecule has 3 aromatic carbocycles. The first-order valence-electron chi connectivity index (χ1n) is 10.9. The maximum absolute atomic E-state index is 13.5. The summed E-state index contributed by atoms with van der Waals surface area (Å²) in [7, 11) is 1.60. The molecule has 33 heavy (non-hydrogen) atoms. The first-order chi connectivity index (χ1) is 15.7. The molecule has 0 saturated heterocycles. The van der Waals surface area contributed by atoms with E-state index in [0.717, 1.165) is 48.1 Å². The van der Waals surface area contributed by atoms with Gasteiger partial charge in [0.25, 0.3) is 0 Å². The fourth-order valence-electron chi connectivity index (χ4n) is 3.83. The normalized spacial score (nSPS) is 10.6. The summed E-state index contributed by atoms with van der Waals surface area (Å²) >= 11 is 0. The third-order valence-electron chi connectivity index (χ3n) is 5.46. The fraction of sp³-hybridized carbons (Fsp3) is 0.222. The summed E-state index contributed by atoms with van der Waals surface area (Å²) in [6.45, 7) is 2.22. The van der Waals surface area contributed by atoms with Gasteiger partial charge in [0.2, 0.25) is 0 Å². The van der Waals surface area contributed by atoms with E-state index >= 15 is 0 Å². The third kappa shape index (κ3) is 6.67. The number of rotatable bonds is 10. The Labute approximate surface area is 200 Å². The van der Waals surface area contributed by atoms with Gasteiger partial charge in [0.15, 0.2) is 0 Å². The van der Waals surface area contributed by atoms with Gasteiger partial charge in [0.05, 0.1) is 12.6 Å². The average Bonchev–Trinajstić information content (AvgIpc) is 2.82. The van der Waals surface area contributed by atoms with Gasteiger partial charge in [-0.15, -0.1) is 12.4 Å². The second-order valence-electron chi connectivity index (χ2n) is 7.79. The van der Waals surface area contributed by atoms with Crippen LogP contribution in [0.15, 0.2) is 79.0 Å². The summed E-state index contributed by atoms with van der Waals surface area (Å²) in [5.74, 6) is 0.452. The van der Waals surface area contributed by atoms with Crippen LogP contribution in [0.2, 0.25) is 0 Å². The highest BCUT2D eigenvalue weighted by Gasteiger charge is 2.06. The molecule has 0 aliphatic rings. The van der Waals surface area contributed by atoms with E-state index in [1.165, 1.54) is 23.3 Å². The Morgan fingerprint density at radius 3 is 2.58 bits per heavy atom. The molecule has 0 aliphatic heterocycles. The highest BCUT2D eigenvalue weighted by molar-refractivity contribution is 5.91. The van der Waals surface area contributed by atoms with Crippen molar-refractivity contribution in [1.82, 2.24) is 10.3 Å². The molecule has 1 aromatic heterocycles. The number of aromatic nitrogens is 1. The van der Waals surface area contributed by atoms with E-state index in [1.807, 2.05) is 18.3 Å². The van der Waals surface area contributed by atoms with Crippen LogP contribution in [-0.2, 0) is 13.0 Å².